The number of likely N-dealkylation sites (N-methyl/N-ethyl adjacent to an activating group) is 1. The molecular formula is C22H33IN4O3. The van der Waals surface area contributed by atoms with Crippen LogP contribution in [-0.2, 0) is 0 Å². The van der Waals surface area contributed by atoms with Crippen molar-refractivity contribution in [1.29, 1.82) is 0 Å². The molecule has 0 spiro atoms. The van der Waals surface area contributed by atoms with Gasteiger partial charge in [-0.1, -0.05) is 18.2 Å². The molecule has 0 aliphatic carbocycles. The summed E-state index contributed by atoms with van der Waals surface area (Å²) in [6.07, 6.45) is 0. The smallest absolute Gasteiger partial charge is 0.195 e. The predicted octanol–water partition coefficient (Wildman–Crippen LogP) is 4.01. The van der Waals surface area contributed by atoms with Gasteiger partial charge in [-0.2, -0.15) is 0 Å². The molecule has 1 atom stereocenters. The topological polar surface area (TPSA) is 67.3 Å². The normalized spacial score (nSPS) is 12.0. The molecular weight excluding hydrogens is 495 g/mol. The second kappa shape index (κ2) is 13.2. The molecule has 2 aromatic rings. The van der Waals surface area contributed by atoms with Crippen molar-refractivity contribution in [3.8, 4) is 17.2 Å². The van der Waals surface area contributed by atoms with Gasteiger partial charge in [-0.15, -0.1) is 24.0 Å². The van der Waals surface area contributed by atoms with E-state index >= 15 is 0 Å². The summed E-state index contributed by atoms with van der Waals surface area (Å²) in [4.78, 5) is 6.49. The van der Waals surface area contributed by atoms with E-state index in [4.69, 9.17) is 14.2 Å². The Hall–Kier alpha value is -2.20. The van der Waals surface area contributed by atoms with Gasteiger partial charge < -0.3 is 29.7 Å². The number of para-hydroxylation sites is 1. The van der Waals surface area contributed by atoms with E-state index in [-0.39, 0.29) is 30.0 Å². The van der Waals surface area contributed by atoms with Gasteiger partial charge in [-0.3, -0.25) is 4.99 Å². The van der Waals surface area contributed by atoms with E-state index in [1.807, 2.05) is 57.4 Å². The molecule has 2 aromatic carbocycles. The summed E-state index contributed by atoms with van der Waals surface area (Å²) in [5.41, 5.74) is 1.97. The molecule has 0 bridgehead atoms. The maximum Gasteiger partial charge on any atom is 0.195 e. The molecule has 2 rings (SSSR count). The number of nitrogens with one attached hydrogen (secondary N) is 2. The molecule has 0 heterocycles. The minimum absolute atomic E-state index is 0. The fraction of sp³-hybridized carbons (Fsp3) is 0.409. The lowest BCUT2D eigenvalue weighted by Gasteiger charge is -2.27. The zero-order chi connectivity index (χ0) is 21.2. The molecule has 0 fully saturated rings. The summed E-state index contributed by atoms with van der Waals surface area (Å²) in [5.74, 6) is 2.92. The van der Waals surface area contributed by atoms with Crippen LogP contribution in [0.3, 0.4) is 0 Å². The van der Waals surface area contributed by atoms with Crippen molar-refractivity contribution in [3.05, 3.63) is 48.0 Å². The van der Waals surface area contributed by atoms with E-state index in [0.717, 1.165) is 17.0 Å². The minimum atomic E-state index is 0. The Labute approximate surface area is 196 Å². The lowest BCUT2D eigenvalue weighted by Crippen LogP contribution is -2.38. The summed E-state index contributed by atoms with van der Waals surface area (Å²) in [5, 5.41) is 6.70. The number of guanidine groups is 1. The van der Waals surface area contributed by atoms with Crippen molar-refractivity contribution < 1.29 is 14.2 Å². The van der Waals surface area contributed by atoms with Gasteiger partial charge in [0, 0.05) is 30.9 Å². The summed E-state index contributed by atoms with van der Waals surface area (Å²) in [6.45, 7) is 3.18. The fourth-order valence-electron chi connectivity index (χ4n) is 3.04. The van der Waals surface area contributed by atoms with Crippen LogP contribution in [0.25, 0.3) is 0 Å². The number of aliphatic imine (C=N–C) groups is 1. The first-order chi connectivity index (χ1) is 14.0. The number of ether oxygens (including phenoxy) is 3. The van der Waals surface area contributed by atoms with Gasteiger partial charge in [0.2, 0.25) is 0 Å². The zero-order valence-corrected chi connectivity index (χ0v) is 20.9. The van der Waals surface area contributed by atoms with E-state index in [9.17, 15) is 0 Å². The predicted molar refractivity (Wildman–Crippen MR) is 134 cm³/mol. The second-order valence-corrected chi connectivity index (χ2v) is 6.60. The van der Waals surface area contributed by atoms with Crippen LogP contribution < -0.4 is 24.8 Å². The van der Waals surface area contributed by atoms with E-state index < -0.39 is 0 Å². The van der Waals surface area contributed by atoms with Gasteiger partial charge in [0.05, 0.1) is 26.9 Å². The average molecular weight is 528 g/mol. The standard InChI is InChI=1S/C22H32N4O3.HI/c1-7-29-20-13-12-16(14-21(20)28-6)25-22(23-2)24-15-18(26(3)4)17-10-8-9-11-19(17)27-5;/h8-14,18H,7,15H2,1-6H3,(H2,23,24,25);1H. The van der Waals surface area contributed by atoms with Crippen LogP contribution in [0.5, 0.6) is 17.2 Å². The van der Waals surface area contributed by atoms with Gasteiger partial charge in [-0.05, 0) is 39.2 Å². The quantitative estimate of drug-likeness (QED) is 0.291. The van der Waals surface area contributed by atoms with Crippen LogP contribution in [0.15, 0.2) is 47.5 Å². The third-order valence-corrected chi connectivity index (χ3v) is 4.53. The van der Waals surface area contributed by atoms with Crippen LogP contribution >= 0.6 is 24.0 Å². The number of halogens is 1. The highest BCUT2D eigenvalue weighted by Gasteiger charge is 2.18. The Bertz CT molecular complexity index is 815. The maximum absolute atomic E-state index is 5.57. The van der Waals surface area contributed by atoms with Crippen molar-refractivity contribution >= 4 is 35.6 Å². The molecule has 1 unspecified atom stereocenters. The summed E-state index contributed by atoms with van der Waals surface area (Å²) in [6, 6.07) is 13.9. The largest absolute Gasteiger partial charge is 0.496 e. The number of hydrogen-bond acceptors (Lipinski definition) is 5. The van der Waals surface area contributed by atoms with Gasteiger partial charge >= 0.3 is 0 Å². The molecule has 0 aliphatic rings. The van der Waals surface area contributed by atoms with Crippen molar-refractivity contribution in [2.24, 2.45) is 4.99 Å². The van der Waals surface area contributed by atoms with Crippen LogP contribution in [0.2, 0.25) is 0 Å². The highest BCUT2D eigenvalue weighted by atomic mass is 127. The number of nitrogens with zero attached hydrogens (tertiary/aromatic N) is 2. The molecule has 0 saturated carbocycles. The molecule has 0 aliphatic heterocycles. The molecule has 2 N–H and O–H groups in total. The molecule has 166 valence electrons. The van der Waals surface area contributed by atoms with E-state index in [1.54, 1.807) is 21.3 Å². The van der Waals surface area contributed by atoms with Gasteiger partial charge in [0.1, 0.15) is 5.75 Å². The third-order valence-electron chi connectivity index (χ3n) is 4.53. The van der Waals surface area contributed by atoms with E-state index in [2.05, 4.69) is 26.6 Å². The molecule has 0 amide bonds. The highest BCUT2D eigenvalue weighted by Crippen LogP contribution is 2.30. The monoisotopic (exact) mass is 528 g/mol. The Balaban J connectivity index is 0.00000450. The summed E-state index contributed by atoms with van der Waals surface area (Å²) in [7, 11) is 9.16. The van der Waals surface area contributed by atoms with Crippen molar-refractivity contribution in [2.75, 3.05) is 53.8 Å². The number of anilines is 1. The molecule has 0 radical (unpaired) electrons. The maximum atomic E-state index is 5.57. The average Bonchev–Trinajstić information content (AvgIpc) is 2.74. The van der Waals surface area contributed by atoms with E-state index in [0.29, 0.717) is 30.6 Å². The van der Waals surface area contributed by atoms with Gasteiger partial charge in [-0.25, -0.2) is 0 Å². The molecule has 30 heavy (non-hydrogen) atoms. The first-order valence-corrected chi connectivity index (χ1v) is 9.61. The third kappa shape index (κ3) is 6.94. The zero-order valence-electron chi connectivity index (χ0n) is 18.6. The van der Waals surface area contributed by atoms with Gasteiger partial charge in [0.15, 0.2) is 17.5 Å². The first-order valence-electron chi connectivity index (χ1n) is 9.61. The Morgan fingerprint density at radius 3 is 2.33 bits per heavy atom. The number of benzene rings is 2. The number of rotatable bonds is 9. The number of methoxy groups -OCH3 is 2. The molecule has 7 nitrogen and oxygen atoms in total. The molecule has 0 saturated heterocycles. The van der Waals surface area contributed by atoms with Crippen LogP contribution in [0.1, 0.15) is 18.5 Å². The minimum Gasteiger partial charge on any atom is -0.496 e. The van der Waals surface area contributed by atoms with Crippen molar-refractivity contribution in [3.63, 3.8) is 0 Å². The SMILES string of the molecule is CCOc1ccc(NC(=NC)NCC(c2ccccc2OC)N(C)C)cc1OC.I. The lowest BCUT2D eigenvalue weighted by atomic mass is 10.0. The Morgan fingerprint density at radius 1 is 1.03 bits per heavy atom. The Morgan fingerprint density at radius 2 is 1.73 bits per heavy atom. The van der Waals surface area contributed by atoms with Crippen molar-refractivity contribution in [2.45, 2.75) is 13.0 Å². The van der Waals surface area contributed by atoms with Crippen molar-refractivity contribution in [1.82, 2.24) is 10.2 Å². The summed E-state index contributed by atoms with van der Waals surface area (Å²) >= 11 is 0. The highest BCUT2D eigenvalue weighted by molar-refractivity contribution is 14.0. The Kier molecular flexibility index (Phi) is 11.3. The summed E-state index contributed by atoms with van der Waals surface area (Å²) < 4.78 is 16.5. The first kappa shape index (κ1) is 25.8. The van der Waals surface area contributed by atoms with Gasteiger partial charge in [0.25, 0.3) is 0 Å². The van der Waals surface area contributed by atoms with E-state index in [1.165, 1.54) is 0 Å². The van der Waals surface area contributed by atoms with Crippen LogP contribution in [0.4, 0.5) is 5.69 Å². The van der Waals surface area contributed by atoms with Crippen LogP contribution in [-0.4, -0.2) is 59.4 Å². The number of hydrogen-bond donors (Lipinski definition) is 2. The molecule has 8 heteroatoms. The lowest BCUT2D eigenvalue weighted by molar-refractivity contribution is 0.288. The van der Waals surface area contributed by atoms with Crippen LogP contribution in [0, 0.1) is 0 Å². The molecule has 0 aromatic heterocycles. The fourth-order valence-corrected chi connectivity index (χ4v) is 3.04. The second-order valence-electron chi connectivity index (χ2n) is 6.60.